The minimum Gasteiger partial charge on any atom is -0.478 e. The minimum atomic E-state index is -0.973. The Bertz CT molecular complexity index is 1270. The molecule has 2 fully saturated rings. The second kappa shape index (κ2) is 9.72. The number of hydrogen-bond acceptors (Lipinski definition) is 7. The summed E-state index contributed by atoms with van der Waals surface area (Å²) in [4.78, 5) is 32.4. The van der Waals surface area contributed by atoms with Crippen LogP contribution in [0.2, 0.25) is 0 Å². The summed E-state index contributed by atoms with van der Waals surface area (Å²) in [6.07, 6.45) is 3.65. The molecule has 4 heterocycles. The summed E-state index contributed by atoms with van der Waals surface area (Å²) >= 11 is 0. The van der Waals surface area contributed by atoms with E-state index in [-0.39, 0.29) is 17.4 Å². The summed E-state index contributed by atoms with van der Waals surface area (Å²) in [5.74, 6) is 1.14. The van der Waals surface area contributed by atoms with Gasteiger partial charge in [0.05, 0.1) is 11.3 Å². The van der Waals surface area contributed by atoms with Crippen LogP contribution >= 0.6 is 0 Å². The molecule has 9 heteroatoms. The van der Waals surface area contributed by atoms with Crippen LogP contribution in [0.5, 0.6) is 0 Å². The van der Waals surface area contributed by atoms with Crippen molar-refractivity contribution in [1.82, 2.24) is 15.0 Å². The van der Waals surface area contributed by atoms with Crippen LogP contribution in [0.3, 0.4) is 0 Å². The first-order chi connectivity index (χ1) is 17.3. The third-order valence-electron chi connectivity index (χ3n) is 7.17. The third kappa shape index (κ3) is 4.69. The number of halogens is 1. The average molecular weight is 491 g/mol. The lowest BCUT2D eigenvalue weighted by Gasteiger charge is -2.41. The number of rotatable bonds is 5. The molecular formula is C27H31FN6O2. The zero-order valence-corrected chi connectivity index (χ0v) is 20.9. The largest absolute Gasteiger partial charge is 0.478 e. The Balaban J connectivity index is 1.44. The zero-order chi connectivity index (χ0) is 25.4. The lowest BCUT2D eigenvalue weighted by atomic mass is 10.1. The molecule has 0 spiro atoms. The van der Waals surface area contributed by atoms with Gasteiger partial charge >= 0.3 is 5.97 Å². The lowest BCUT2D eigenvalue weighted by Crippen LogP contribution is -2.53. The van der Waals surface area contributed by atoms with Gasteiger partial charge in [0.15, 0.2) is 0 Å². The predicted molar refractivity (Wildman–Crippen MR) is 138 cm³/mol. The topological polar surface area (TPSA) is 85.7 Å². The molecule has 2 aromatic heterocycles. The van der Waals surface area contributed by atoms with Crippen molar-refractivity contribution in [3.63, 3.8) is 0 Å². The molecule has 0 radical (unpaired) electrons. The van der Waals surface area contributed by atoms with E-state index in [1.54, 1.807) is 18.2 Å². The fourth-order valence-corrected chi connectivity index (χ4v) is 5.20. The fraction of sp³-hybridized carbons (Fsp3) is 0.407. The van der Waals surface area contributed by atoms with Crippen LogP contribution < -0.4 is 14.7 Å². The summed E-state index contributed by atoms with van der Waals surface area (Å²) in [6.45, 7) is 9.38. The van der Waals surface area contributed by atoms with Gasteiger partial charge in [-0.15, -0.1) is 0 Å². The second-order valence-corrected chi connectivity index (χ2v) is 9.76. The van der Waals surface area contributed by atoms with E-state index in [4.69, 9.17) is 9.97 Å². The van der Waals surface area contributed by atoms with Crippen molar-refractivity contribution >= 4 is 23.6 Å². The molecule has 8 nitrogen and oxygen atoms in total. The monoisotopic (exact) mass is 490 g/mol. The molecule has 0 saturated carbocycles. The molecule has 2 saturated heterocycles. The van der Waals surface area contributed by atoms with Gasteiger partial charge in [-0.05, 0) is 69.5 Å². The first kappa shape index (κ1) is 24.0. The number of piperazine rings is 1. The summed E-state index contributed by atoms with van der Waals surface area (Å²) in [6, 6.07) is 10.6. The van der Waals surface area contributed by atoms with Gasteiger partial charge in [-0.3, -0.25) is 0 Å². The van der Waals surface area contributed by atoms with E-state index in [9.17, 15) is 14.3 Å². The van der Waals surface area contributed by atoms with Crippen molar-refractivity contribution in [2.45, 2.75) is 45.7 Å². The molecule has 0 amide bonds. The summed E-state index contributed by atoms with van der Waals surface area (Å²) in [7, 11) is 0. The molecular weight excluding hydrogens is 459 g/mol. The molecule has 36 heavy (non-hydrogen) atoms. The Morgan fingerprint density at radius 3 is 2.44 bits per heavy atom. The van der Waals surface area contributed by atoms with E-state index in [0.717, 1.165) is 67.5 Å². The molecule has 5 rings (SSSR count). The van der Waals surface area contributed by atoms with E-state index < -0.39 is 5.97 Å². The molecule has 0 aliphatic carbocycles. The van der Waals surface area contributed by atoms with Gasteiger partial charge in [0.25, 0.3) is 0 Å². The van der Waals surface area contributed by atoms with Gasteiger partial charge in [0, 0.05) is 56.1 Å². The third-order valence-corrected chi connectivity index (χ3v) is 7.17. The minimum absolute atomic E-state index is 0.138. The summed E-state index contributed by atoms with van der Waals surface area (Å²) < 4.78 is 13.6. The highest BCUT2D eigenvalue weighted by Gasteiger charge is 2.29. The highest BCUT2D eigenvalue weighted by atomic mass is 19.1. The van der Waals surface area contributed by atoms with Crippen molar-refractivity contribution in [3.05, 3.63) is 59.5 Å². The first-order valence-corrected chi connectivity index (χ1v) is 12.4. The normalized spacial score (nSPS) is 20.2. The Morgan fingerprint density at radius 1 is 1.03 bits per heavy atom. The number of carboxylic acid groups (broad SMARTS) is 1. The Labute approximate surface area is 210 Å². The first-order valence-electron chi connectivity index (χ1n) is 12.4. The Kier molecular flexibility index (Phi) is 6.47. The molecule has 1 N–H and O–H groups in total. The van der Waals surface area contributed by atoms with Crippen LogP contribution in [0.1, 0.15) is 42.6 Å². The Hall–Kier alpha value is -3.75. The van der Waals surface area contributed by atoms with Gasteiger partial charge in [-0.2, -0.15) is 4.98 Å². The van der Waals surface area contributed by atoms with Crippen molar-refractivity contribution in [1.29, 1.82) is 0 Å². The molecule has 2 aliphatic heterocycles. The van der Waals surface area contributed by atoms with Crippen LogP contribution in [0.4, 0.5) is 22.0 Å². The average Bonchev–Trinajstić information content (AvgIpc) is 3.30. The maximum Gasteiger partial charge on any atom is 0.337 e. The number of benzene rings is 1. The zero-order valence-electron chi connectivity index (χ0n) is 20.9. The maximum atomic E-state index is 13.6. The van der Waals surface area contributed by atoms with Crippen LogP contribution in [0, 0.1) is 12.7 Å². The van der Waals surface area contributed by atoms with Crippen LogP contribution in [0.25, 0.3) is 11.3 Å². The van der Waals surface area contributed by atoms with E-state index >= 15 is 0 Å². The summed E-state index contributed by atoms with van der Waals surface area (Å²) in [5, 5.41) is 9.25. The molecule has 0 bridgehead atoms. The van der Waals surface area contributed by atoms with Crippen molar-refractivity contribution < 1.29 is 14.3 Å². The number of pyridine rings is 1. The highest BCUT2D eigenvalue weighted by Crippen LogP contribution is 2.31. The Morgan fingerprint density at radius 2 is 1.81 bits per heavy atom. The number of nitrogens with zero attached hydrogens (tertiary/aromatic N) is 6. The molecule has 2 atom stereocenters. The molecule has 188 valence electrons. The van der Waals surface area contributed by atoms with Gasteiger partial charge in [0.2, 0.25) is 5.95 Å². The standard InChI is InChI=1S/C27H31FN6O2/c1-17-13-21(26(35)36)15-29-25(17)32-11-12-33(19(3)16-32)24-14-23(20-6-8-22(28)9-7-20)30-27(31-24)34-10-4-5-18(34)2/h6-9,13-15,18-19H,4-5,10-12,16H2,1-3H3,(H,35,36)/t18-,19+/m1/s1. The quantitative estimate of drug-likeness (QED) is 0.564. The van der Waals surface area contributed by atoms with Gasteiger partial charge in [0.1, 0.15) is 17.5 Å². The summed E-state index contributed by atoms with van der Waals surface area (Å²) in [5.41, 5.74) is 2.69. The lowest BCUT2D eigenvalue weighted by molar-refractivity contribution is 0.0696. The number of carbonyl (C=O) groups is 1. The SMILES string of the molecule is Cc1cc(C(=O)O)cnc1N1CCN(c2cc(-c3ccc(F)cc3)nc(N3CCC[C@H]3C)n2)[C@@H](C)C1. The van der Waals surface area contributed by atoms with Crippen molar-refractivity contribution in [2.24, 2.45) is 0 Å². The number of aromatic carboxylic acids is 1. The maximum absolute atomic E-state index is 13.6. The number of aryl methyl sites for hydroxylation is 1. The number of carboxylic acids is 1. The van der Waals surface area contributed by atoms with Crippen LogP contribution in [-0.4, -0.2) is 64.3 Å². The van der Waals surface area contributed by atoms with E-state index in [2.05, 4.69) is 33.5 Å². The van der Waals surface area contributed by atoms with Gasteiger partial charge in [-0.1, -0.05) is 0 Å². The molecule has 3 aromatic rings. The van der Waals surface area contributed by atoms with E-state index in [1.807, 2.05) is 13.0 Å². The predicted octanol–water partition coefficient (Wildman–Crippen LogP) is 4.39. The second-order valence-electron chi connectivity index (χ2n) is 9.76. The molecule has 1 aromatic carbocycles. The van der Waals surface area contributed by atoms with E-state index in [0.29, 0.717) is 12.0 Å². The van der Waals surface area contributed by atoms with Crippen LogP contribution in [0.15, 0.2) is 42.6 Å². The van der Waals surface area contributed by atoms with Crippen LogP contribution in [-0.2, 0) is 0 Å². The van der Waals surface area contributed by atoms with E-state index in [1.165, 1.54) is 18.3 Å². The van der Waals surface area contributed by atoms with Gasteiger partial charge in [-0.25, -0.2) is 19.2 Å². The van der Waals surface area contributed by atoms with Crippen molar-refractivity contribution in [3.8, 4) is 11.3 Å². The molecule has 0 unspecified atom stereocenters. The van der Waals surface area contributed by atoms with Crippen molar-refractivity contribution in [2.75, 3.05) is 40.9 Å². The number of hydrogen-bond donors (Lipinski definition) is 1. The molecule has 2 aliphatic rings. The number of anilines is 3. The number of aromatic nitrogens is 3. The fourth-order valence-electron chi connectivity index (χ4n) is 5.20. The highest BCUT2D eigenvalue weighted by molar-refractivity contribution is 5.87. The van der Waals surface area contributed by atoms with Gasteiger partial charge < -0.3 is 19.8 Å². The smallest absolute Gasteiger partial charge is 0.337 e.